The van der Waals surface area contributed by atoms with Crippen LogP contribution in [0.5, 0.6) is 11.5 Å². The van der Waals surface area contributed by atoms with Gasteiger partial charge < -0.3 is 19.1 Å². The lowest BCUT2D eigenvalue weighted by Crippen LogP contribution is -2.36. The van der Waals surface area contributed by atoms with Crippen LogP contribution in [0.2, 0.25) is 0 Å². The summed E-state index contributed by atoms with van der Waals surface area (Å²) in [7, 11) is 5.26. The largest absolute Gasteiger partial charge is 0.493 e. The van der Waals surface area contributed by atoms with Gasteiger partial charge in [0.25, 0.3) is 0 Å². The minimum absolute atomic E-state index is 0.0518. The number of carbonyl (C=O) groups excluding carboxylic acids is 2. The van der Waals surface area contributed by atoms with E-state index in [9.17, 15) is 9.59 Å². The number of nitrogens with zero attached hydrogens (tertiary/aromatic N) is 3. The first-order valence-corrected chi connectivity index (χ1v) is 13.3. The van der Waals surface area contributed by atoms with Gasteiger partial charge in [0.2, 0.25) is 0 Å². The van der Waals surface area contributed by atoms with Crippen LogP contribution in [0.25, 0.3) is 0 Å². The summed E-state index contributed by atoms with van der Waals surface area (Å²) in [5.74, 6) is 1.25. The van der Waals surface area contributed by atoms with Crippen molar-refractivity contribution in [2.45, 2.75) is 44.1 Å². The van der Waals surface area contributed by atoms with E-state index in [1.807, 2.05) is 37.3 Å². The molecule has 2 aliphatic rings. The van der Waals surface area contributed by atoms with Crippen molar-refractivity contribution in [1.29, 1.82) is 0 Å². The predicted octanol–water partition coefficient (Wildman–Crippen LogP) is 5.20. The van der Waals surface area contributed by atoms with E-state index in [0.29, 0.717) is 23.7 Å². The number of ether oxygens (including phenoxy) is 3. The molecule has 1 unspecified atom stereocenters. The smallest absolute Gasteiger partial charge is 0.411 e. The highest BCUT2D eigenvalue weighted by molar-refractivity contribution is 8.14. The van der Waals surface area contributed by atoms with Gasteiger partial charge in [-0.1, -0.05) is 30.8 Å². The lowest BCUT2D eigenvalue weighted by atomic mass is 10.0. The normalized spacial score (nSPS) is 18.8. The fourth-order valence-corrected chi connectivity index (χ4v) is 5.29. The van der Waals surface area contributed by atoms with E-state index in [1.165, 1.54) is 16.8 Å². The highest BCUT2D eigenvalue weighted by Gasteiger charge is 2.30. The molecular formula is C27H34N4O5S. The molecule has 198 valence electrons. The summed E-state index contributed by atoms with van der Waals surface area (Å²) in [6.07, 6.45) is 1.96. The number of likely N-dealkylation sites (tertiary alicyclic amines) is 1. The molecule has 1 atom stereocenters. The van der Waals surface area contributed by atoms with Crippen molar-refractivity contribution < 1.29 is 23.8 Å². The van der Waals surface area contributed by atoms with E-state index in [2.05, 4.69) is 17.3 Å². The Labute approximate surface area is 222 Å². The number of methoxy groups -OCH3 is 2. The van der Waals surface area contributed by atoms with Crippen molar-refractivity contribution in [3.8, 4) is 11.5 Å². The molecule has 0 radical (unpaired) electrons. The molecule has 1 N–H and O–H groups in total. The number of hydrazone groups is 1. The number of benzene rings is 2. The highest BCUT2D eigenvalue weighted by Crippen LogP contribution is 2.33. The van der Waals surface area contributed by atoms with Crippen LogP contribution < -0.4 is 14.8 Å². The summed E-state index contributed by atoms with van der Waals surface area (Å²) in [5, 5.41) is 8.87. The first kappa shape index (κ1) is 26.8. The van der Waals surface area contributed by atoms with Gasteiger partial charge in [-0.15, -0.1) is 0 Å². The Morgan fingerprint density at radius 2 is 1.78 bits per heavy atom. The Bertz CT molecular complexity index is 1130. The van der Waals surface area contributed by atoms with Crippen LogP contribution in [0.15, 0.2) is 47.6 Å². The lowest BCUT2D eigenvalue weighted by Gasteiger charge is -2.29. The molecule has 2 aromatic rings. The number of nitrogens with one attached hydrogen (secondary N) is 1. The third kappa shape index (κ3) is 6.75. The van der Waals surface area contributed by atoms with Crippen LogP contribution in [0.3, 0.4) is 0 Å². The van der Waals surface area contributed by atoms with E-state index < -0.39 is 6.09 Å². The molecule has 2 heterocycles. The maximum absolute atomic E-state index is 12.9. The van der Waals surface area contributed by atoms with Crippen molar-refractivity contribution in [2.24, 2.45) is 5.10 Å². The summed E-state index contributed by atoms with van der Waals surface area (Å²) in [5.41, 5.74) is 3.25. The predicted molar refractivity (Wildman–Crippen MR) is 146 cm³/mol. The Morgan fingerprint density at radius 1 is 1.08 bits per heavy atom. The van der Waals surface area contributed by atoms with Crippen molar-refractivity contribution in [2.75, 3.05) is 39.7 Å². The third-order valence-corrected chi connectivity index (χ3v) is 7.76. The Kier molecular flexibility index (Phi) is 8.94. The zero-order valence-electron chi connectivity index (χ0n) is 21.7. The average molecular weight is 527 g/mol. The molecule has 1 fully saturated rings. The zero-order valence-corrected chi connectivity index (χ0v) is 22.5. The van der Waals surface area contributed by atoms with Gasteiger partial charge in [-0.3, -0.25) is 10.1 Å². The second kappa shape index (κ2) is 12.3. The number of piperidine rings is 1. The highest BCUT2D eigenvalue weighted by atomic mass is 32.2. The summed E-state index contributed by atoms with van der Waals surface area (Å²) in [6.45, 7) is 4.21. The van der Waals surface area contributed by atoms with Crippen LogP contribution in [0.1, 0.15) is 37.3 Å². The monoisotopic (exact) mass is 526 g/mol. The van der Waals surface area contributed by atoms with Crippen LogP contribution >= 0.6 is 11.8 Å². The molecule has 10 heteroatoms. The second-order valence-electron chi connectivity index (χ2n) is 9.12. The van der Waals surface area contributed by atoms with Gasteiger partial charge in [0.05, 0.1) is 31.7 Å². The Morgan fingerprint density at radius 3 is 2.43 bits per heavy atom. The van der Waals surface area contributed by atoms with E-state index in [1.54, 1.807) is 26.4 Å². The summed E-state index contributed by atoms with van der Waals surface area (Å²) < 4.78 is 16.4. The number of amides is 2. The quantitative estimate of drug-likeness (QED) is 0.506. The van der Waals surface area contributed by atoms with E-state index in [-0.39, 0.29) is 16.6 Å². The summed E-state index contributed by atoms with van der Waals surface area (Å²) in [4.78, 5) is 27.4. The molecule has 4 rings (SSSR count). The van der Waals surface area contributed by atoms with Gasteiger partial charge in [0.1, 0.15) is 6.10 Å². The minimum Gasteiger partial charge on any atom is -0.493 e. The number of thioether (sulfide) groups is 1. The minimum atomic E-state index is -0.445. The number of carbonyl (C=O) groups is 2. The fraction of sp³-hybridized carbons (Fsp3) is 0.444. The first-order chi connectivity index (χ1) is 17.9. The number of hydrogen-bond donors (Lipinski definition) is 1. The van der Waals surface area contributed by atoms with Crippen molar-refractivity contribution in [3.05, 3.63) is 53.6 Å². The molecule has 0 aromatic heterocycles. The van der Waals surface area contributed by atoms with E-state index in [0.717, 1.165) is 49.2 Å². The standard InChI is InChI=1S/C27H34N4O5S/c1-5-24-25(19-8-11-22(34-3)23(16-19)35-4)29-31(27(33)37-24)17-18-6-9-20(10-7-18)28-26(32)36-21-12-14-30(2)15-13-21/h6-11,16,21,24H,5,12-15,17H2,1-4H3,(H,28,32). The summed E-state index contributed by atoms with van der Waals surface area (Å²) in [6, 6.07) is 13.0. The van der Waals surface area contributed by atoms with Gasteiger partial charge in [-0.05, 0) is 62.2 Å². The van der Waals surface area contributed by atoms with Crippen LogP contribution in [-0.2, 0) is 11.3 Å². The van der Waals surface area contributed by atoms with Gasteiger partial charge in [-0.2, -0.15) is 5.10 Å². The molecule has 1 saturated heterocycles. The van der Waals surface area contributed by atoms with Gasteiger partial charge >= 0.3 is 11.3 Å². The maximum atomic E-state index is 12.9. The molecule has 2 aliphatic heterocycles. The molecule has 0 bridgehead atoms. The van der Waals surface area contributed by atoms with Crippen molar-refractivity contribution in [3.63, 3.8) is 0 Å². The topological polar surface area (TPSA) is 92.7 Å². The Balaban J connectivity index is 1.43. The van der Waals surface area contributed by atoms with E-state index in [4.69, 9.17) is 19.3 Å². The molecule has 9 nitrogen and oxygen atoms in total. The van der Waals surface area contributed by atoms with Crippen LogP contribution in [-0.4, -0.2) is 72.7 Å². The molecule has 0 saturated carbocycles. The fourth-order valence-electron chi connectivity index (χ4n) is 4.36. The molecule has 37 heavy (non-hydrogen) atoms. The second-order valence-corrected chi connectivity index (χ2v) is 10.3. The van der Waals surface area contributed by atoms with Gasteiger partial charge in [-0.25, -0.2) is 9.80 Å². The van der Waals surface area contributed by atoms with Crippen molar-refractivity contribution >= 4 is 34.5 Å². The van der Waals surface area contributed by atoms with Crippen LogP contribution in [0, 0.1) is 0 Å². The number of rotatable bonds is 8. The maximum Gasteiger partial charge on any atom is 0.411 e. The molecule has 0 aliphatic carbocycles. The summed E-state index contributed by atoms with van der Waals surface area (Å²) >= 11 is 1.28. The van der Waals surface area contributed by atoms with Crippen LogP contribution in [0.4, 0.5) is 15.3 Å². The SMILES string of the molecule is CCC1SC(=O)N(Cc2ccc(NC(=O)OC3CCN(C)CC3)cc2)N=C1c1ccc(OC)c(OC)c1. The molecule has 2 amide bonds. The number of anilines is 1. The molecule has 2 aromatic carbocycles. The van der Waals surface area contributed by atoms with E-state index >= 15 is 0 Å². The number of hydrogen-bond acceptors (Lipinski definition) is 8. The zero-order chi connectivity index (χ0) is 26.4. The van der Waals surface area contributed by atoms with Gasteiger partial charge in [0.15, 0.2) is 11.5 Å². The molecule has 0 spiro atoms. The van der Waals surface area contributed by atoms with Gasteiger partial charge in [0, 0.05) is 24.3 Å². The average Bonchev–Trinajstić information content (AvgIpc) is 2.91. The van der Waals surface area contributed by atoms with Crippen molar-refractivity contribution in [1.82, 2.24) is 9.91 Å². The first-order valence-electron chi connectivity index (χ1n) is 12.4. The molecular weight excluding hydrogens is 492 g/mol. The Hall–Kier alpha value is -3.24. The lowest BCUT2D eigenvalue weighted by molar-refractivity contribution is 0.0662. The third-order valence-electron chi connectivity index (χ3n) is 6.51.